The molecule has 0 saturated carbocycles. The van der Waals surface area contributed by atoms with Gasteiger partial charge in [-0.1, -0.05) is 11.6 Å². The number of halogens is 4. The first-order chi connectivity index (χ1) is 17.0. The van der Waals surface area contributed by atoms with Gasteiger partial charge < -0.3 is 10.6 Å². The van der Waals surface area contributed by atoms with Gasteiger partial charge in [0.1, 0.15) is 27.2 Å². The maximum absolute atomic E-state index is 13.1. The number of hydrogen-bond acceptors (Lipinski definition) is 7. The van der Waals surface area contributed by atoms with Crippen molar-refractivity contribution in [3.8, 4) is 5.69 Å². The first kappa shape index (κ1) is 25.3. The van der Waals surface area contributed by atoms with E-state index in [1.807, 2.05) is 0 Å². The fourth-order valence-corrected chi connectivity index (χ4v) is 4.27. The highest BCUT2D eigenvalue weighted by molar-refractivity contribution is 7.13. The van der Waals surface area contributed by atoms with E-state index in [0.717, 1.165) is 17.5 Å². The van der Waals surface area contributed by atoms with Crippen molar-refractivity contribution < 1.29 is 22.8 Å². The Hall–Kier alpha value is -3.84. The van der Waals surface area contributed by atoms with E-state index in [0.29, 0.717) is 22.6 Å². The zero-order valence-corrected chi connectivity index (χ0v) is 20.2. The number of nitrogens with zero attached hydrogens (tertiary/aromatic N) is 5. The van der Waals surface area contributed by atoms with Crippen LogP contribution < -0.4 is 10.6 Å². The van der Waals surface area contributed by atoms with Gasteiger partial charge in [-0.15, -0.1) is 11.3 Å². The lowest BCUT2D eigenvalue weighted by Gasteiger charge is -2.13. The van der Waals surface area contributed by atoms with Crippen molar-refractivity contribution in [2.45, 2.75) is 26.1 Å². The molecule has 0 fully saturated rings. The number of pyridine rings is 2. The van der Waals surface area contributed by atoms with Crippen LogP contribution in [0.4, 0.5) is 19.0 Å². The van der Waals surface area contributed by atoms with Crippen molar-refractivity contribution in [2.24, 2.45) is 0 Å². The molecular weight excluding hydrogens is 519 g/mol. The average Bonchev–Trinajstić information content (AvgIpc) is 3.47. The van der Waals surface area contributed by atoms with Crippen LogP contribution in [-0.2, 0) is 6.18 Å². The van der Waals surface area contributed by atoms with Gasteiger partial charge in [-0.3, -0.25) is 19.1 Å². The fraction of sp³-hybridized carbons (Fsp3) is 0.182. The second-order valence-electron chi connectivity index (χ2n) is 7.50. The zero-order chi connectivity index (χ0) is 26.0. The number of anilines is 1. The third-order valence-electron chi connectivity index (χ3n) is 4.94. The van der Waals surface area contributed by atoms with E-state index in [-0.39, 0.29) is 16.4 Å². The topological polar surface area (TPSA) is 115 Å². The minimum atomic E-state index is -4.70. The van der Waals surface area contributed by atoms with E-state index < -0.39 is 34.6 Å². The van der Waals surface area contributed by atoms with Crippen LogP contribution in [0.25, 0.3) is 5.69 Å². The molecule has 1 unspecified atom stereocenters. The van der Waals surface area contributed by atoms with Crippen LogP contribution in [0, 0.1) is 6.92 Å². The number of nitrogens with one attached hydrogen (secondary N) is 2. The van der Waals surface area contributed by atoms with Gasteiger partial charge in [0.25, 0.3) is 11.8 Å². The molecule has 4 aromatic heterocycles. The molecule has 2 N–H and O–H groups in total. The highest BCUT2D eigenvalue weighted by Gasteiger charge is 2.34. The third-order valence-corrected chi connectivity index (χ3v) is 6.42. The predicted molar refractivity (Wildman–Crippen MR) is 126 cm³/mol. The molecule has 9 nitrogen and oxygen atoms in total. The standard InChI is InChI=1S/C22H17ClF3N7O2S/c1-11(31-19(34)16-9-28-12(2)33(16)13-4-3-5-27-7-13)21-30-10-17(36-21)20(35)32-18-6-14(22(24,25)26)15(23)8-29-18/h3-11H,1-2H3,(H,31,34)(H,29,32,35). The number of carbonyl (C=O) groups excluding carboxylic acids is 2. The lowest BCUT2D eigenvalue weighted by Crippen LogP contribution is -2.28. The highest BCUT2D eigenvalue weighted by Crippen LogP contribution is 2.35. The van der Waals surface area contributed by atoms with Gasteiger partial charge in [0.15, 0.2) is 0 Å². The number of imidazole rings is 1. The average molecular weight is 536 g/mol. The SMILES string of the molecule is Cc1ncc(C(=O)NC(C)c2ncc(C(=O)Nc3cc(C(F)(F)F)c(Cl)cn3)s2)n1-c1cccnc1. The smallest absolute Gasteiger partial charge is 0.342 e. The molecule has 4 rings (SSSR count). The third kappa shape index (κ3) is 5.36. The van der Waals surface area contributed by atoms with Gasteiger partial charge in [0.2, 0.25) is 0 Å². The molecule has 0 radical (unpaired) electrons. The summed E-state index contributed by atoms with van der Waals surface area (Å²) in [5.41, 5.74) is -0.157. The van der Waals surface area contributed by atoms with E-state index in [2.05, 4.69) is 30.6 Å². The summed E-state index contributed by atoms with van der Waals surface area (Å²) in [4.78, 5) is 41.8. The number of alkyl halides is 3. The molecule has 4 heterocycles. The monoisotopic (exact) mass is 535 g/mol. The second-order valence-corrected chi connectivity index (χ2v) is 8.97. The zero-order valence-electron chi connectivity index (χ0n) is 18.7. The molecule has 186 valence electrons. The summed E-state index contributed by atoms with van der Waals surface area (Å²) in [7, 11) is 0. The first-order valence-corrected chi connectivity index (χ1v) is 11.5. The molecule has 14 heteroatoms. The van der Waals surface area contributed by atoms with Crippen molar-refractivity contribution in [2.75, 3.05) is 5.32 Å². The molecular formula is C22H17ClF3N7O2S. The van der Waals surface area contributed by atoms with E-state index in [9.17, 15) is 22.8 Å². The first-order valence-electron chi connectivity index (χ1n) is 10.3. The highest BCUT2D eigenvalue weighted by atomic mass is 35.5. The van der Waals surface area contributed by atoms with Crippen molar-refractivity contribution in [1.29, 1.82) is 0 Å². The van der Waals surface area contributed by atoms with Crippen molar-refractivity contribution in [3.05, 3.63) is 81.2 Å². The van der Waals surface area contributed by atoms with E-state index in [1.165, 1.54) is 12.4 Å². The Bertz CT molecular complexity index is 1420. The molecule has 0 saturated heterocycles. The Labute approximate surface area is 211 Å². The summed E-state index contributed by atoms with van der Waals surface area (Å²) < 4.78 is 40.8. The summed E-state index contributed by atoms with van der Waals surface area (Å²) >= 11 is 6.54. The van der Waals surface area contributed by atoms with Crippen LogP contribution >= 0.6 is 22.9 Å². The van der Waals surface area contributed by atoms with Gasteiger partial charge in [0.05, 0.1) is 40.9 Å². The van der Waals surface area contributed by atoms with Crippen LogP contribution in [-0.4, -0.2) is 36.3 Å². The lowest BCUT2D eigenvalue weighted by molar-refractivity contribution is -0.137. The van der Waals surface area contributed by atoms with Gasteiger partial charge in [-0.2, -0.15) is 13.2 Å². The van der Waals surface area contributed by atoms with E-state index in [4.69, 9.17) is 11.6 Å². The largest absolute Gasteiger partial charge is 0.418 e. The van der Waals surface area contributed by atoms with Crippen LogP contribution in [0.2, 0.25) is 5.02 Å². The number of aryl methyl sites for hydroxylation is 1. The number of aromatic nitrogens is 5. The Morgan fingerprint density at radius 3 is 2.58 bits per heavy atom. The van der Waals surface area contributed by atoms with Crippen LogP contribution in [0.3, 0.4) is 0 Å². The van der Waals surface area contributed by atoms with Crippen LogP contribution in [0.15, 0.2) is 49.2 Å². The molecule has 0 aliphatic heterocycles. The number of amides is 2. The Balaban J connectivity index is 1.46. The summed E-state index contributed by atoms with van der Waals surface area (Å²) in [6.45, 7) is 3.44. The van der Waals surface area contributed by atoms with Gasteiger partial charge in [-0.25, -0.2) is 15.0 Å². The van der Waals surface area contributed by atoms with Gasteiger partial charge in [0, 0.05) is 12.4 Å². The molecule has 4 aromatic rings. The van der Waals surface area contributed by atoms with Crippen molar-refractivity contribution in [3.63, 3.8) is 0 Å². The predicted octanol–water partition coefficient (Wildman–Crippen LogP) is 4.84. The molecule has 0 bridgehead atoms. The fourth-order valence-electron chi connectivity index (χ4n) is 3.24. The Morgan fingerprint density at radius 2 is 1.89 bits per heavy atom. The second kappa shape index (κ2) is 10.0. The summed E-state index contributed by atoms with van der Waals surface area (Å²) in [5.74, 6) is -0.839. The lowest BCUT2D eigenvalue weighted by atomic mass is 10.2. The summed E-state index contributed by atoms with van der Waals surface area (Å²) in [5, 5.41) is 4.95. The summed E-state index contributed by atoms with van der Waals surface area (Å²) in [6.07, 6.45) is 2.05. The minimum absolute atomic E-state index is 0.118. The number of rotatable bonds is 6. The van der Waals surface area contributed by atoms with Crippen LogP contribution in [0.5, 0.6) is 0 Å². The molecule has 2 amide bonds. The molecule has 0 aromatic carbocycles. The maximum atomic E-state index is 13.1. The normalized spacial score (nSPS) is 12.3. The number of thiazole rings is 1. The Morgan fingerprint density at radius 1 is 1.11 bits per heavy atom. The van der Waals surface area contributed by atoms with Crippen molar-refractivity contribution >= 4 is 40.6 Å². The van der Waals surface area contributed by atoms with Crippen molar-refractivity contribution in [1.82, 2.24) is 29.8 Å². The minimum Gasteiger partial charge on any atom is -0.342 e. The quantitative estimate of drug-likeness (QED) is 0.365. The van der Waals surface area contributed by atoms with Gasteiger partial charge >= 0.3 is 6.18 Å². The Kier molecular flexibility index (Phi) is 7.04. The molecule has 0 spiro atoms. The van der Waals surface area contributed by atoms with E-state index in [1.54, 1.807) is 42.9 Å². The van der Waals surface area contributed by atoms with Crippen LogP contribution in [0.1, 0.15) is 49.5 Å². The maximum Gasteiger partial charge on any atom is 0.418 e. The number of hydrogen-bond donors (Lipinski definition) is 2. The molecule has 0 aliphatic carbocycles. The van der Waals surface area contributed by atoms with Gasteiger partial charge in [-0.05, 0) is 32.0 Å². The molecule has 1 atom stereocenters. The molecule has 0 aliphatic rings. The number of carbonyl (C=O) groups is 2. The van der Waals surface area contributed by atoms with E-state index >= 15 is 0 Å². The molecule has 36 heavy (non-hydrogen) atoms. The summed E-state index contributed by atoms with van der Waals surface area (Å²) in [6, 6.07) is 3.61.